The highest BCUT2D eigenvalue weighted by Gasteiger charge is 2.39. The van der Waals surface area contributed by atoms with E-state index in [0.717, 1.165) is 18.0 Å². The highest BCUT2D eigenvalue weighted by Crippen LogP contribution is 2.37. The predicted octanol–water partition coefficient (Wildman–Crippen LogP) is 2.27. The Bertz CT molecular complexity index is 144. The standard InChI is InChI=1S/C10H19N/c1-3-10-8(2)7-9-5-4-6-11(9)10/h8-10H,3-7H2,1-2H3. The van der Waals surface area contributed by atoms with Crippen LogP contribution in [0.1, 0.15) is 39.5 Å². The molecule has 0 aromatic rings. The Morgan fingerprint density at radius 2 is 2.27 bits per heavy atom. The maximum atomic E-state index is 2.75. The molecule has 2 rings (SSSR count). The molecule has 0 saturated carbocycles. The molecule has 2 aliphatic rings. The van der Waals surface area contributed by atoms with Crippen LogP contribution in [0.2, 0.25) is 0 Å². The molecule has 2 saturated heterocycles. The number of rotatable bonds is 1. The van der Waals surface area contributed by atoms with Gasteiger partial charge in [-0.15, -0.1) is 0 Å². The van der Waals surface area contributed by atoms with Gasteiger partial charge in [0.25, 0.3) is 0 Å². The summed E-state index contributed by atoms with van der Waals surface area (Å²) in [5.74, 6) is 0.963. The summed E-state index contributed by atoms with van der Waals surface area (Å²) < 4.78 is 0. The minimum atomic E-state index is 0.919. The van der Waals surface area contributed by atoms with E-state index in [-0.39, 0.29) is 0 Å². The van der Waals surface area contributed by atoms with E-state index in [2.05, 4.69) is 18.7 Å². The second-order valence-corrected chi connectivity index (χ2v) is 4.22. The van der Waals surface area contributed by atoms with Gasteiger partial charge in [0.15, 0.2) is 0 Å². The van der Waals surface area contributed by atoms with Gasteiger partial charge in [0, 0.05) is 12.1 Å². The van der Waals surface area contributed by atoms with Crippen LogP contribution in [0.4, 0.5) is 0 Å². The van der Waals surface area contributed by atoms with Crippen LogP contribution in [0.15, 0.2) is 0 Å². The molecule has 2 aliphatic heterocycles. The highest BCUT2D eigenvalue weighted by molar-refractivity contribution is 4.94. The van der Waals surface area contributed by atoms with Crippen LogP contribution in [0.25, 0.3) is 0 Å². The molecule has 0 aliphatic carbocycles. The molecule has 2 fully saturated rings. The van der Waals surface area contributed by atoms with E-state index < -0.39 is 0 Å². The summed E-state index contributed by atoms with van der Waals surface area (Å²) in [6.07, 6.45) is 5.75. The van der Waals surface area contributed by atoms with Crippen molar-refractivity contribution in [3.05, 3.63) is 0 Å². The minimum absolute atomic E-state index is 0.919. The third kappa shape index (κ3) is 1.10. The van der Waals surface area contributed by atoms with Crippen molar-refractivity contribution >= 4 is 0 Å². The van der Waals surface area contributed by atoms with E-state index in [0.29, 0.717) is 0 Å². The lowest BCUT2D eigenvalue weighted by atomic mass is 9.98. The highest BCUT2D eigenvalue weighted by atomic mass is 15.2. The van der Waals surface area contributed by atoms with Crippen LogP contribution in [0.3, 0.4) is 0 Å². The molecule has 11 heavy (non-hydrogen) atoms. The fourth-order valence-electron chi connectivity index (χ4n) is 3.10. The van der Waals surface area contributed by atoms with E-state index in [1.165, 1.54) is 32.2 Å². The van der Waals surface area contributed by atoms with Crippen molar-refractivity contribution in [2.45, 2.75) is 51.6 Å². The summed E-state index contributed by atoms with van der Waals surface area (Å²) in [4.78, 5) is 2.75. The van der Waals surface area contributed by atoms with Crippen molar-refractivity contribution in [2.75, 3.05) is 6.54 Å². The third-order valence-corrected chi connectivity index (χ3v) is 3.57. The van der Waals surface area contributed by atoms with Crippen LogP contribution in [0.5, 0.6) is 0 Å². The SMILES string of the molecule is CCC1C(C)CC2CCCN21. The van der Waals surface area contributed by atoms with Crippen molar-refractivity contribution in [1.82, 2.24) is 4.90 Å². The Labute approximate surface area is 69.8 Å². The summed E-state index contributed by atoms with van der Waals surface area (Å²) in [6, 6.07) is 1.89. The molecule has 64 valence electrons. The summed E-state index contributed by atoms with van der Waals surface area (Å²) >= 11 is 0. The molecule has 0 spiro atoms. The first-order valence-electron chi connectivity index (χ1n) is 5.08. The van der Waals surface area contributed by atoms with Crippen LogP contribution in [-0.4, -0.2) is 23.5 Å². The summed E-state index contributed by atoms with van der Waals surface area (Å²) in [5.41, 5.74) is 0. The average Bonchev–Trinajstić information content (AvgIpc) is 2.46. The van der Waals surface area contributed by atoms with Gasteiger partial charge in [-0.3, -0.25) is 4.90 Å². The van der Waals surface area contributed by atoms with Crippen LogP contribution in [0, 0.1) is 5.92 Å². The molecule has 0 aromatic heterocycles. The van der Waals surface area contributed by atoms with E-state index >= 15 is 0 Å². The molecular weight excluding hydrogens is 134 g/mol. The van der Waals surface area contributed by atoms with Crippen LogP contribution >= 0.6 is 0 Å². The lowest BCUT2D eigenvalue weighted by molar-refractivity contribution is 0.222. The number of fused-ring (bicyclic) bond motifs is 1. The van der Waals surface area contributed by atoms with Gasteiger partial charge in [0.05, 0.1) is 0 Å². The maximum Gasteiger partial charge on any atom is 0.0122 e. The first-order chi connectivity index (χ1) is 5.33. The first kappa shape index (κ1) is 7.60. The van der Waals surface area contributed by atoms with Gasteiger partial charge in [-0.2, -0.15) is 0 Å². The van der Waals surface area contributed by atoms with Crippen molar-refractivity contribution in [1.29, 1.82) is 0 Å². The summed E-state index contributed by atoms with van der Waals surface area (Å²) in [7, 11) is 0. The quantitative estimate of drug-likeness (QED) is 0.558. The van der Waals surface area contributed by atoms with E-state index in [9.17, 15) is 0 Å². The van der Waals surface area contributed by atoms with Crippen LogP contribution in [-0.2, 0) is 0 Å². The van der Waals surface area contributed by atoms with Gasteiger partial charge in [-0.1, -0.05) is 13.8 Å². The van der Waals surface area contributed by atoms with Crippen molar-refractivity contribution < 1.29 is 0 Å². The Kier molecular flexibility index (Phi) is 1.92. The topological polar surface area (TPSA) is 3.24 Å². The molecule has 2 heterocycles. The molecule has 0 radical (unpaired) electrons. The Morgan fingerprint density at radius 1 is 1.45 bits per heavy atom. The Balaban J connectivity index is 2.07. The van der Waals surface area contributed by atoms with Crippen molar-refractivity contribution in [3.63, 3.8) is 0 Å². The van der Waals surface area contributed by atoms with Crippen molar-refractivity contribution in [3.8, 4) is 0 Å². The molecule has 0 bridgehead atoms. The Hall–Kier alpha value is -0.0400. The van der Waals surface area contributed by atoms with E-state index in [1.54, 1.807) is 0 Å². The van der Waals surface area contributed by atoms with Gasteiger partial charge < -0.3 is 0 Å². The number of hydrogen-bond acceptors (Lipinski definition) is 1. The predicted molar refractivity (Wildman–Crippen MR) is 47.6 cm³/mol. The van der Waals surface area contributed by atoms with Gasteiger partial charge >= 0.3 is 0 Å². The fraction of sp³-hybridized carbons (Fsp3) is 1.00. The largest absolute Gasteiger partial charge is 0.297 e. The number of nitrogens with zero attached hydrogens (tertiary/aromatic N) is 1. The third-order valence-electron chi connectivity index (χ3n) is 3.57. The number of hydrogen-bond donors (Lipinski definition) is 0. The average molecular weight is 153 g/mol. The minimum Gasteiger partial charge on any atom is -0.297 e. The van der Waals surface area contributed by atoms with Gasteiger partial charge in [-0.25, -0.2) is 0 Å². The van der Waals surface area contributed by atoms with Gasteiger partial charge in [0.1, 0.15) is 0 Å². The molecule has 1 nitrogen and oxygen atoms in total. The normalized spacial score (nSPS) is 44.7. The van der Waals surface area contributed by atoms with Gasteiger partial charge in [-0.05, 0) is 38.1 Å². The zero-order valence-corrected chi connectivity index (χ0v) is 7.71. The molecule has 3 unspecified atom stereocenters. The van der Waals surface area contributed by atoms with E-state index in [4.69, 9.17) is 0 Å². The molecule has 0 N–H and O–H groups in total. The molecular formula is C10H19N. The molecule has 0 amide bonds. The summed E-state index contributed by atoms with van der Waals surface area (Å²) in [6.45, 7) is 6.14. The maximum absolute atomic E-state index is 2.75. The second-order valence-electron chi connectivity index (χ2n) is 4.22. The smallest absolute Gasteiger partial charge is 0.0122 e. The van der Waals surface area contributed by atoms with E-state index in [1.807, 2.05) is 0 Å². The lowest BCUT2D eigenvalue weighted by Gasteiger charge is -2.24. The molecule has 3 atom stereocenters. The van der Waals surface area contributed by atoms with Crippen molar-refractivity contribution in [2.24, 2.45) is 5.92 Å². The lowest BCUT2D eigenvalue weighted by Crippen LogP contribution is -2.32. The molecule has 1 heteroatoms. The fourth-order valence-corrected chi connectivity index (χ4v) is 3.10. The zero-order valence-electron chi connectivity index (χ0n) is 7.71. The first-order valence-corrected chi connectivity index (χ1v) is 5.08. The van der Waals surface area contributed by atoms with Crippen LogP contribution < -0.4 is 0 Å². The zero-order chi connectivity index (χ0) is 7.84. The second kappa shape index (κ2) is 2.78. The Morgan fingerprint density at radius 3 is 3.00 bits per heavy atom. The monoisotopic (exact) mass is 153 g/mol. The molecule has 0 aromatic carbocycles. The van der Waals surface area contributed by atoms with Gasteiger partial charge in [0.2, 0.25) is 0 Å². The summed E-state index contributed by atoms with van der Waals surface area (Å²) in [5, 5.41) is 0.